The molecule has 2 N–H and O–H groups in total. The highest BCUT2D eigenvalue weighted by atomic mass is 16.3. The average molecular weight is 396 g/mol. The summed E-state index contributed by atoms with van der Waals surface area (Å²) < 4.78 is 6.89. The van der Waals surface area contributed by atoms with Crippen LogP contribution >= 0.6 is 0 Å². The van der Waals surface area contributed by atoms with Crippen molar-refractivity contribution in [2.45, 2.75) is 38.3 Å². The molecule has 9 nitrogen and oxygen atoms in total. The molecule has 3 aromatic rings. The monoisotopic (exact) mass is 396 g/mol. The third-order valence-corrected chi connectivity index (χ3v) is 5.36. The van der Waals surface area contributed by atoms with E-state index in [0.29, 0.717) is 31.1 Å². The Kier molecular flexibility index (Phi) is 5.46. The number of hydrogen-bond donors (Lipinski definition) is 2. The number of aromatic amines is 1. The molecule has 4 heterocycles. The Morgan fingerprint density at radius 1 is 1.34 bits per heavy atom. The highest BCUT2D eigenvalue weighted by Gasteiger charge is 2.28. The second kappa shape index (κ2) is 8.34. The SMILES string of the molecule is CC(C(=O)N1CCC(c2cc(C(=O)NCc3ccco3)n[nH]2)CC1)n1cccn1. The first-order chi connectivity index (χ1) is 14.1. The summed E-state index contributed by atoms with van der Waals surface area (Å²) in [6, 6.07) is 6.89. The first-order valence-electron chi connectivity index (χ1n) is 9.75. The smallest absolute Gasteiger partial charge is 0.272 e. The maximum absolute atomic E-state index is 12.7. The lowest BCUT2D eigenvalue weighted by molar-refractivity contribution is -0.135. The number of aromatic nitrogens is 4. The molecule has 0 spiro atoms. The van der Waals surface area contributed by atoms with Gasteiger partial charge < -0.3 is 14.6 Å². The van der Waals surface area contributed by atoms with Gasteiger partial charge in [0.05, 0.1) is 12.8 Å². The standard InChI is InChI=1S/C20H24N6O3/c1-14(26-8-3-7-22-26)20(28)25-9-5-15(6-10-25)17-12-18(24-23-17)19(27)21-13-16-4-2-11-29-16/h2-4,7-8,11-12,14-15H,5-6,9-10,13H2,1H3,(H,21,27)(H,23,24). The summed E-state index contributed by atoms with van der Waals surface area (Å²) in [5, 5.41) is 14.1. The topological polar surface area (TPSA) is 109 Å². The molecule has 2 amide bonds. The van der Waals surface area contributed by atoms with Gasteiger partial charge in [0, 0.05) is 37.1 Å². The van der Waals surface area contributed by atoms with Gasteiger partial charge in [0.1, 0.15) is 17.5 Å². The molecule has 1 fully saturated rings. The zero-order valence-electron chi connectivity index (χ0n) is 16.2. The predicted molar refractivity (Wildman–Crippen MR) is 104 cm³/mol. The lowest BCUT2D eigenvalue weighted by atomic mass is 9.93. The van der Waals surface area contributed by atoms with E-state index in [9.17, 15) is 9.59 Å². The Morgan fingerprint density at radius 2 is 2.17 bits per heavy atom. The Balaban J connectivity index is 1.30. The maximum Gasteiger partial charge on any atom is 0.272 e. The van der Waals surface area contributed by atoms with Gasteiger partial charge >= 0.3 is 0 Å². The van der Waals surface area contributed by atoms with Crippen molar-refractivity contribution in [3.05, 3.63) is 60.1 Å². The van der Waals surface area contributed by atoms with Crippen LogP contribution in [0.3, 0.4) is 0 Å². The number of carbonyl (C=O) groups is 2. The highest BCUT2D eigenvalue weighted by molar-refractivity contribution is 5.92. The van der Waals surface area contributed by atoms with Gasteiger partial charge in [-0.1, -0.05) is 0 Å². The average Bonchev–Trinajstić information content (AvgIpc) is 3.53. The van der Waals surface area contributed by atoms with Gasteiger partial charge in [-0.15, -0.1) is 0 Å². The summed E-state index contributed by atoms with van der Waals surface area (Å²) in [5.74, 6) is 0.771. The molecule has 1 atom stereocenters. The van der Waals surface area contributed by atoms with Crippen molar-refractivity contribution < 1.29 is 14.0 Å². The van der Waals surface area contributed by atoms with Crippen LogP contribution in [0.1, 0.15) is 53.7 Å². The van der Waals surface area contributed by atoms with Crippen molar-refractivity contribution in [2.24, 2.45) is 0 Å². The number of piperidine rings is 1. The normalized spacial score (nSPS) is 16.0. The molecule has 4 rings (SSSR count). The molecule has 1 aliphatic heterocycles. The van der Waals surface area contributed by atoms with Gasteiger partial charge in [-0.05, 0) is 44.0 Å². The number of hydrogen-bond acceptors (Lipinski definition) is 5. The van der Waals surface area contributed by atoms with E-state index in [-0.39, 0.29) is 23.8 Å². The maximum atomic E-state index is 12.7. The van der Waals surface area contributed by atoms with Crippen LogP contribution in [-0.2, 0) is 11.3 Å². The van der Waals surface area contributed by atoms with Crippen molar-refractivity contribution in [2.75, 3.05) is 13.1 Å². The number of nitrogens with one attached hydrogen (secondary N) is 2. The number of furan rings is 1. The van der Waals surface area contributed by atoms with Crippen molar-refractivity contribution >= 4 is 11.8 Å². The van der Waals surface area contributed by atoms with Crippen molar-refractivity contribution in [3.63, 3.8) is 0 Å². The van der Waals surface area contributed by atoms with E-state index < -0.39 is 0 Å². The minimum Gasteiger partial charge on any atom is -0.467 e. The van der Waals surface area contributed by atoms with Crippen LogP contribution in [0.25, 0.3) is 0 Å². The van der Waals surface area contributed by atoms with Crippen LogP contribution in [0.4, 0.5) is 0 Å². The lowest BCUT2D eigenvalue weighted by Crippen LogP contribution is -2.41. The number of nitrogens with zero attached hydrogens (tertiary/aromatic N) is 4. The van der Waals surface area contributed by atoms with Crippen LogP contribution in [0.2, 0.25) is 0 Å². The van der Waals surface area contributed by atoms with Gasteiger partial charge in [0.15, 0.2) is 0 Å². The molecule has 152 valence electrons. The molecule has 29 heavy (non-hydrogen) atoms. The van der Waals surface area contributed by atoms with Gasteiger partial charge in [-0.25, -0.2) is 0 Å². The second-order valence-corrected chi connectivity index (χ2v) is 7.23. The minimum atomic E-state index is -0.307. The molecular weight excluding hydrogens is 372 g/mol. The third-order valence-electron chi connectivity index (χ3n) is 5.36. The zero-order valence-corrected chi connectivity index (χ0v) is 16.2. The van der Waals surface area contributed by atoms with E-state index in [2.05, 4.69) is 20.6 Å². The highest BCUT2D eigenvalue weighted by Crippen LogP contribution is 2.28. The van der Waals surface area contributed by atoms with Crippen LogP contribution < -0.4 is 5.32 Å². The largest absolute Gasteiger partial charge is 0.467 e. The van der Waals surface area contributed by atoms with E-state index in [0.717, 1.165) is 18.5 Å². The molecule has 1 unspecified atom stereocenters. The van der Waals surface area contributed by atoms with Gasteiger partial charge in [0.2, 0.25) is 5.91 Å². The Bertz CT molecular complexity index is 939. The van der Waals surface area contributed by atoms with E-state index in [4.69, 9.17) is 4.42 Å². The third kappa shape index (κ3) is 4.23. The van der Waals surface area contributed by atoms with E-state index in [1.807, 2.05) is 17.9 Å². The summed E-state index contributed by atoms with van der Waals surface area (Å²) >= 11 is 0. The van der Waals surface area contributed by atoms with Crippen LogP contribution in [0.15, 0.2) is 47.3 Å². The molecule has 0 aromatic carbocycles. The Morgan fingerprint density at radius 3 is 2.86 bits per heavy atom. The van der Waals surface area contributed by atoms with E-state index in [1.54, 1.807) is 41.5 Å². The Hall–Kier alpha value is -3.36. The van der Waals surface area contributed by atoms with Gasteiger partial charge in [0.25, 0.3) is 5.91 Å². The first kappa shape index (κ1) is 19.0. The molecule has 0 bridgehead atoms. The zero-order chi connectivity index (χ0) is 20.2. The number of carbonyl (C=O) groups excluding carboxylic acids is 2. The van der Waals surface area contributed by atoms with Crippen molar-refractivity contribution in [1.82, 2.24) is 30.2 Å². The van der Waals surface area contributed by atoms with Crippen LogP contribution in [0.5, 0.6) is 0 Å². The molecular formula is C20H24N6O3. The molecule has 1 aliphatic rings. The molecule has 3 aromatic heterocycles. The molecule has 0 aliphatic carbocycles. The first-order valence-corrected chi connectivity index (χ1v) is 9.75. The van der Waals surface area contributed by atoms with E-state index in [1.165, 1.54) is 0 Å². The molecule has 9 heteroatoms. The quantitative estimate of drug-likeness (QED) is 0.663. The minimum absolute atomic E-state index is 0.0785. The van der Waals surface area contributed by atoms with Gasteiger partial charge in [-0.2, -0.15) is 10.2 Å². The second-order valence-electron chi connectivity index (χ2n) is 7.23. The molecule has 0 saturated carbocycles. The Labute approximate surface area is 168 Å². The number of H-pyrrole nitrogens is 1. The number of amides is 2. The van der Waals surface area contributed by atoms with Crippen molar-refractivity contribution in [1.29, 1.82) is 0 Å². The number of likely N-dealkylation sites (tertiary alicyclic amines) is 1. The summed E-state index contributed by atoms with van der Waals surface area (Å²) in [5.41, 5.74) is 1.29. The predicted octanol–water partition coefficient (Wildman–Crippen LogP) is 2.10. The number of rotatable bonds is 6. The van der Waals surface area contributed by atoms with Crippen LogP contribution in [0, 0.1) is 0 Å². The molecule has 1 saturated heterocycles. The summed E-state index contributed by atoms with van der Waals surface area (Å²) in [6.07, 6.45) is 6.70. The van der Waals surface area contributed by atoms with Crippen LogP contribution in [-0.4, -0.2) is 49.8 Å². The summed E-state index contributed by atoms with van der Waals surface area (Å²) in [6.45, 7) is 3.54. The van der Waals surface area contributed by atoms with E-state index >= 15 is 0 Å². The lowest BCUT2D eigenvalue weighted by Gasteiger charge is -2.33. The summed E-state index contributed by atoms with van der Waals surface area (Å²) in [4.78, 5) is 26.8. The van der Waals surface area contributed by atoms with Crippen molar-refractivity contribution in [3.8, 4) is 0 Å². The molecule has 0 radical (unpaired) electrons. The summed E-state index contributed by atoms with van der Waals surface area (Å²) in [7, 11) is 0. The fourth-order valence-electron chi connectivity index (χ4n) is 3.63. The van der Waals surface area contributed by atoms with Gasteiger partial charge in [-0.3, -0.25) is 19.4 Å². The fourth-order valence-corrected chi connectivity index (χ4v) is 3.63. The fraction of sp³-hybridized carbons (Fsp3) is 0.400.